The monoisotopic (exact) mass is 327 g/mol. The van der Waals surface area contributed by atoms with Crippen molar-refractivity contribution < 1.29 is 0 Å². The molecule has 0 saturated carbocycles. The van der Waals surface area contributed by atoms with Gasteiger partial charge in [0.1, 0.15) is 3.70 Å². The predicted molar refractivity (Wildman–Crippen MR) is 68.0 cm³/mol. The van der Waals surface area contributed by atoms with Crippen molar-refractivity contribution in [1.29, 1.82) is 0 Å². The molecule has 16 heavy (non-hydrogen) atoms. The van der Waals surface area contributed by atoms with Crippen molar-refractivity contribution in [2.24, 2.45) is 0 Å². The van der Waals surface area contributed by atoms with Crippen LogP contribution in [0.2, 0.25) is 0 Å². The van der Waals surface area contributed by atoms with E-state index >= 15 is 0 Å². The number of hydrogen-bond donors (Lipinski definition) is 0. The molecule has 1 aliphatic heterocycles. The third-order valence-corrected chi connectivity index (χ3v) is 3.28. The smallest absolute Gasteiger partial charge is 0.151 e. The van der Waals surface area contributed by atoms with E-state index in [2.05, 4.69) is 47.2 Å². The number of aromatic nitrogens is 4. The van der Waals surface area contributed by atoms with Gasteiger partial charge in [-0.3, -0.25) is 0 Å². The maximum absolute atomic E-state index is 4.20. The standard InChI is InChI=1S/C10H10IN5/c11-9-1-2-10(14-13-9)15-3-4-16-7-12-5-8(16)6-15/h1-2,5,7H,3-4,6H2. The molecular weight excluding hydrogens is 317 g/mol. The number of imidazole rings is 1. The van der Waals surface area contributed by atoms with Gasteiger partial charge in [0.15, 0.2) is 5.82 Å². The fourth-order valence-corrected chi connectivity index (χ4v) is 2.15. The molecule has 82 valence electrons. The van der Waals surface area contributed by atoms with E-state index in [0.717, 1.165) is 29.2 Å². The second-order valence-electron chi connectivity index (χ2n) is 3.71. The summed E-state index contributed by atoms with van der Waals surface area (Å²) < 4.78 is 3.10. The summed E-state index contributed by atoms with van der Waals surface area (Å²) in [7, 11) is 0. The lowest BCUT2D eigenvalue weighted by Crippen LogP contribution is -2.33. The van der Waals surface area contributed by atoms with Gasteiger partial charge in [0.2, 0.25) is 0 Å². The first-order chi connectivity index (χ1) is 7.83. The zero-order valence-corrected chi connectivity index (χ0v) is 10.7. The summed E-state index contributed by atoms with van der Waals surface area (Å²) in [5.74, 6) is 0.938. The van der Waals surface area contributed by atoms with Crippen molar-refractivity contribution in [3.63, 3.8) is 0 Å². The highest BCUT2D eigenvalue weighted by Gasteiger charge is 2.17. The molecule has 0 fully saturated rings. The fraction of sp³-hybridized carbons (Fsp3) is 0.300. The van der Waals surface area contributed by atoms with Gasteiger partial charge in [0.25, 0.3) is 0 Å². The number of halogens is 1. The van der Waals surface area contributed by atoms with Gasteiger partial charge in [-0.25, -0.2) is 4.98 Å². The van der Waals surface area contributed by atoms with Crippen LogP contribution in [-0.4, -0.2) is 26.3 Å². The zero-order valence-electron chi connectivity index (χ0n) is 8.54. The van der Waals surface area contributed by atoms with Crippen LogP contribution >= 0.6 is 22.6 Å². The van der Waals surface area contributed by atoms with E-state index in [1.807, 2.05) is 24.7 Å². The van der Waals surface area contributed by atoms with Gasteiger partial charge in [-0.2, -0.15) is 0 Å². The van der Waals surface area contributed by atoms with E-state index < -0.39 is 0 Å². The summed E-state index contributed by atoms with van der Waals surface area (Å²) in [4.78, 5) is 6.37. The third kappa shape index (κ3) is 1.77. The number of anilines is 1. The normalized spacial score (nSPS) is 14.9. The average Bonchev–Trinajstić information content (AvgIpc) is 2.77. The molecule has 0 N–H and O–H groups in total. The van der Waals surface area contributed by atoms with Gasteiger partial charge in [0, 0.05) is 19.3 Å². The number of hydrogen-bond acceptors (Lipinski definition) is 4. The van der Waals surface area contributed by atoms with Crippen LogP contribution in [0.15, 0.2) is 24.7 Å². The first-order valence-corrected chi connectivity index (χ1v) is 6.14. The molecule has 0 aromatic carbocycles. The van der Waals surface area contributed by atoms with Gasteiger partial charge in [0.05, 0.1) is 18.6 Å². The fourth-order valence-electron chi connectivity index (χ4n) is 1.86. The molecular formula is C10H10IN5. The minimum atomic E-state index is 0.856. The SMILES string of the molecule is Ic1ccc(N2CCn3cncc3C2)nn1. The second-order valence-corrected chi connectivity index (χ2v) is 4.82. The minimum Gasteiger partial charge on any atom is -0.347 e. The predicted octanol–water partition coefficient (Wildman–Crippen LogP) is 1.30. The zero-order chi connectivity index (χ0) is 11.0. The molecule has 3 rings (SSSR count). The van der Waals surface area contributed by atoms with Crippen molar-refractivity contribution in [3.05, 3.63) is 34.1 Å². The van der Waals surface area contributed by atoms with Crippen molar-refractivity contribution in [2.75, 3.05) is 11.4 Å². The van der Waals surface area contributed by atoms with Crippen molar-refractivity contribution in [3.8, 4) is 0 Å². The Kier molecular flexibility index (Phi) is 2.50. The Morgan fingerprint density at radius 3 is 2.94 bits per heavy atom. The molecule has 2 aromatic rings. The van der Waals surface area contributed by atoms with Crippen LogP contribution in [0, 0.1) is 3.70 Å². The molecule has 0 bridgehead atoms. The molecule has 0 radical (unpaired) electrons. The van der Waals surface area contributed by atoms with E-state index in [0.29, 0.717) is 0 Å². The van der Waals surface area contributed by atoms with Gasteiger partial charge in [-0.15, -0.1) is 10.2 Å². The summed E-state index contributed by atoms with van der Waals surface area (Å²) in [6, 6.07) is 4.00. The van der Waals surface area contributed by atoms with Crippen LogP contribution in [0.4, 0.5) is 5.82 Å². The Morgan fingerprint density at radius 2 is 2.12 bits per heavy atom. The number of nitrogens with zero attached hydrogens (tertiary/aromatic N) is 5. The van der Waals surface area contributed by atoms with Crippen LogP contribution in [0.25, 0.3) is 0 Å². The van der Waals surface area contributed by atoms with Crippen LogP contribution in [0.5, 0.6) is 0 Å². The Labute approximate surface area is 107 Å². The Bertz CT molecular complexity index is 492. The maximum atomic E-state index is 4.20. The second kappa shape index (κ2) is 4.00. The van der Waals surface area contributed by atoms with Gasteiger partial charge in [-0.05, 0) is 34.7 Å². The molecule has 0 atom stereocenters. The quantitative estimate of drug-likeness (QED) is 0.741. The molecule has 0 unspecified atom stereocenters. The average molecular weight is 327 g/mol. The summed E-state index contributed by atoms with van der Waals surface area (Å²) in [6.45, 7) is 2.77. The maximum Gasteiger partial charge on any atom is 0.151 e. The summed E-state index contributed by atoms with van der Waals surface area (Å²) >= 11 is 2.16. The van der Waals surface area contributed by atoms with Crippen LogP contribution in [0.3, 0.4) is 0 Å². The highest BCUT2D eigenvalue weighted by atomic mass is 127. The van der Waals surface area contributed by atoms with Gasteiger partial charge in [-0.1, -0.05) is 0 Å². The highest BCUT2D eigenvalue weighted by molar-refractivity contribution is 14.1. The molecule has 0 spiro atoms. The van der Waals surface area contributed by atoms with E-state index in [-0.39, 0.29) is 0 Å². The number of fused-ring (bicyclic) bond motifs is 1. The van der Waals surface area contributed by atoms with E-state index in [1.54, 1.807) is 0 Å². The minimum absolute atomic E-state index is 0.856. The van der Waals surface area contributed by atoms with E-state index in [4.69, 9.17) is 0 Å². The molecule has 3 heterocycles. The summed E-state index contributed by atoms with van der Waals surface area (Å²) in [5.41, 5.74) is 1.23. The molecule has 6 heteroatoms. The Hall–Kier alpha value is -1.18. The molecule has 2 aromatic heterocycles. The van der Waals surface area contributed by atoms with Crippen LogP contribution < -0.4 is 4.90 Å². The topological polar surface area (TPSA) is 46.8 Å². The van der Waals surface area contributed by atoms with Crippen molar-refractivity contribution in [1.82, 2.24) is 19.7 Å². The molecule has 0 aliphatic carbocycles. The molecule has 0 amide bonds. The Morgan fingerprint density at radius 1 is 1.19 bits per heavy atom. The summed E-state index contributed by atoms with van der Waals surface area (Å²) in [5, 5.41) is 8.27. The van der Waals surface area contributed by atoms with Crippen molar-refractivity contribution >= 4 is 28.4 Å². The highest BCUT2D eigenvalue weighted by Crippen LogP contribution is 2.18. The lowest BCUT2D eigenvalue weighted by atomic mass is 10.3. The molecule has 0 saturated heterocycles. The van der Waals surface area contributed by atoms with Crippen LogP contribution in [-0.2, 0) is 13.1 Å². The van der Waals surface area contributed by atoms with Gasteiger partial charge >= 0.3 is 0 Å². The molecule has 1 aliphatic rings. The lowest BCUT2D eigenvalue weighted by Gasteiger charge is -2.28. The lowest BCUT2D eigenvalue weighted by molar-refractivity contribution is 0.565. The summed E-state index contributed by atoms with van der Waals surface area (Å²) in [6.07, 6.45) is 3.79. The number of rotatable bonds is 1. The Balaban J connectivity index is 1.86. The first-order valence-electron chi connectivity index (χ1n) is 5.06. The first kappa shape index (κ1) is 10.0. The van der Waals surface area contributed by atoms with E-state index in [9.17, 15) is 0 Å². The molecule has 5 nitrogen and oxygen atoms in total. The van der Waals surface area contributed by atoms with E-state index in [1.165, 1.54) is 5.69 Å². The van der Waals surface area contributed by atoms with Crippen molar-refractivity contribution in [2.45, 2.75) is 13.1 Å². The van der Waals surface area contributed by atoms with Crippen LogP contribution in [0.1, 0.15) is 5.69 Å². The van der Waals surface area contributed by atoms with Gasteiger partial charge < -0.3 is 9.47 Å². The largest absolute Gasteiger partial charge is 0.347 e. The third-order valence-electron chi connectivity index (χ3n) is 2.70.